The maximum absolute atomic E-state index is 13.4. The van der Waals surface area contributed by atoms with E-state index in [1.54, 1.807) is 5.38 Å². The number of aliphatic carboxylic acids is 1. The molecule has 7 N–H and O–H groups in total. The number of benzene rings is 1. The average Bonchev–Trinajstić information content (AvgIpc) is 3.81. The van der Waals surface area contributed by atoms with E-state index in [0.29, 0.717) is 15.5 Å². The summed E-state index contributed by atoms with van der Waals surface area (Å²) >= 11 is 4.54. The van der Waals surface area contributed by atoms with Gasteiger partial charge >= 0.3 is 11.9 Å². The normalized spacial score (nSPS) is 19.8. The number of oxime groups is 1. The number of nitrogen functional groups attached to an aromatic ring is 1. The zero-order valence-electron chi connectivity index (χ0n) is 24.1. The number of nitrogens with two attached hydrogens (primary N) is 1. The number of nitrogens with one attached hydrogen (secondary N) is 1. The molecule has 15 nitrogen and oxygen atoms in total. The minimum Gasteiger partial charge on any atom is -0.504 e. The Bertz CT molecular complexity index is 1830. The number of thioether (sulfide) groups is 2. The van der Waals surface area contributed by atoms with Crippen LogP contribution in [0.25, 0.3) is 10.4 Å². The van der Waals surface area contributed by atoms with E-state index in [0.717, 1.165) is 65.0 Å². The smallest absolute Gasteiger partial charge is 0.356 e. The Kier molecular flexibility index (Phi) is 9.31. The predicted octanol–water partition coefficient (Wildman–Crippen LogP) is 3.15. The van der Waals surface area contributed by atoms with Crippen LogP contribution in [0, 0.1) is 0 Å². The summed E-state index contributed by atoms with van der Waals surface area (Å²) in [7, 11) is 0. The highest BCUT2D eigenvalue weighted by molar-refractivity contribution is 8.02. The van der Waals surface area contributed by atoms with Crippen molar-refractivity contribution in [2.45, 2.75) is 47.5 Å². The fraction of sp³-hybridized carbons (Fsp3) is 0.321. The number of phenols is 2. The molecule has 246 valence electrons. The van der Waals surface area contributed by atoms with Gasteiger partial charge in [-0.15, -0.1) is 34.4 Å². The largest absolute Gasteiger partial charge is 0.504 e. The van der Waals surface area contributed by atoms with E-state index >= 15 is 0 Å². The lowest BCUT2D eigenvalue weighted by Gasteiger charge is -2.49. The SMILES string of the molecule is Nc1nc(C(=NOC2CCCC2)C(=O)NC2C(=O)N3C(C(=O)O)=C(CSc4nc(C(=O)O)c(-c5ccc(O)c(O)c5)s4)CS[C@H]23)cs1. The molecular weight excluding hydrogens is 693 g/mol. The number of hydrogen-bond acceptors (Lipinski definition) is 15. The quantitative estimate of drug-likeness (QED) is 0.0549. The molecule has 3 aliphatic rings. The number of nitrogens with zero attached hydrogens (tertiary/aromatic N) is 4. The molecule has 19 heteroatoms. The number of amides is 2. The van der Waals surface area contributed by atoms with Crippen molar-refractivity contribution in [3.8, 4) is 21.9 Å². The molecular formula is C28H26N6O9S4. The number of hydrogen-bond donors (Lipinski definition) is 6. The minimum atomic E-state index is -1.32. The van der Waals surface area contributed by atoms with Gasteiger partial charge in [0.05, 0.1) is 4.88 Å². The average molecular weight is 719 g/mol. The fourth-order valence-corrected chi connectivity index (χ4v) is 9.41. The molecule has 0 bridgehead atoms. The topological polar surface area (TPSA) is 238 Å². The first kappa shape index (κ1) is 32.6. The van der Waals surface area contributed by atoms with E-state index in [4.69, 9.17) is 10.6 Å². The highest BCUT2D eigenvalue weighted by Gasteiger charge is 2.54. The monoisotopic (exact) mass is 718 g/mol. The van der Waals surface area contributed by atoms with Crippen molar-refractivity contribution >= 4 is 80.8 Å². The summed E-state index contributed by atoms with van der Waals surface area (Å²) in [4.78, 5) is 66.2. The number of carboxylic acid groups (broad SMARTS) is 2. The van der Waals surface area contributed by atoms with Gasteiger partial charge < -0.3 is 36.3 Å². The molecule has 3 aromatic rings. The number of rotatable bonds is 11. The van der Waals surface area contributed by atoms with Crippen LogP contribution >= 0.6 is 46.2 Å². The molecule has 1 saturated heterocycles. The van der Waals surface area contributed by atoms with Crippen molar-refractivity contribution in [2.75, 3.05) is 17.2 Å². The number of carbonyl (C=O) groups excluding carboxylic acids is 2. The van der Waals surface area contributed by atoms with Crippen molar-refractivity contribution in [1.82, 2.24) is 20.2 Å². The van der Waals surface area contributed by atoms with Gasteiger partial charge in [0.1, 0.15) is 28.9 Å². The number of aromatic hydroxyl groups is 2. The summed E-state index contributed by atoms with van der Waals surface area (Å²) < 4.78 is 0.323. The predicted molar refractivity (Wildman–Crippen MR) is 175 cm³/mol. The van der Waals surface area contributed by atoms with Crippen LogP contribution < -0.4 is 11.1 Å². The fourth-order valence-electron chi connectivity index (χ4n) is 5.24. The number of β-lactam (4-membered cyclic amide) rings is 1. The lowest BCUT2D eigenvalue weighted by atomic mass is 10.0. The van der Waals surface area contributed by atoms with Gasteiger partial charge in [0.2, 0.25) is 0 Å². The molecule has 2 fully saturated rings. The summed E-state index contributed by atoms with van der Waals surface area (Å²) in [6.45, 7) is 0. The van der Waals surface area contributed by atoms with Gasteiger partial charge in [-0.05, 0) is 55.0 Å². The third kappa shape index (κ3) is 6.60. The first-order valence-electron chi connectivity index (χ1n) is 14.1. The van der Waals surface area contributed by atoms with E-state index in [2.05, 4.69) is 20.4 Å². The van der Waals surface area contributed by atoms with Gasteiger partial charge in [0, 0.05) is 16.9 Å². The number of carboxylic acids is 2. The molecule has 2 atom stereocenters. The summed E-state index contributed by atoms with van der Waals surface area (Å²) in [5, 5.41) is 47.1. The molecule has 0 spiro atoms. The molecule has 6 rings (SSSR count). The molecule has 1 unspecified atom stereocenters. The number of aromatic carboxylic acids is 1. The summed E-state index contributed by atoms with van der Waals surface area (Å²) in [6, 6.07) is 2.88. The molecule has 4 heterocycles. The van der Waals surface area contributed by atoms with Crippen molar-refractivity contribution < 1.29 is 44.4 Å². The van der Waals surface area contributed by atoms with Crippen LogP contribution in [-0.2, 0) is 19.2 Å². The third-order valence-electron chi connectivity index (χ3n) is 7.53. The van der Waals surface area contributed by atoms with Crippen LogP contribution in [0.1, 0.15) is 41.9 Å². The highest BCUT2D eigenvalue weighted by atomic mass is 32.2. The molecule has 1 aliphatic carbocycles. The van der Waals surface area contributed by atoms with Crippen LogP contribution in [0.4, 0.5) is 5.13 Å². The van der Waals surface area contributed by atoms with Crippen LogP contribution in [0.3, 0.4) is 0 Å². The standard InChI is InChI=1S/C28H26N6O9S4/c29-27-30-14(10-45-27)17(33-43-13-3-1-2-4-13)22(37)31-19-23(38)34-20(26(41)42)12(8-44-24(19)34)9-46-28-32-18(25(39)40)21(47-28)11-5-6-15(35)16(36)7-11/h5-7,10,13,19,24,35-36H,1-4,8-9H2,(H2,29,30)(H,31,37)(H,39,40)(H,41,42)/t19?,24-/m1/s1. The summed E-state index contributed by atoms with van der Waals surface area (Å²) in [5.74, 6) is -4.40. The van der Waals surface area contributed by atoms with Crippen LogP contribution in [0.15, 0.2) is 44.3 Å². The number of phenolic OH excluding ortho intramolecular Hbond substituents is 2. The van der Waals surface area contributed by atoms with E-state index in [9.17, 15) is 39.6 Å². The van der Waals surface area contributed by atoms with Gasteiger partial charge in [-0.25, -0.2) is 19.6 Å². The van der Waals surface area contributed by atoms with Gasteiger partial charge in [-0.2, -0.15) is 0 Å². The highest BCUT2D eigenvalue weighted by Crippen LogP contribution is 2.43. The molecule has 2 aromatic heterocycles. The molecule has 1 aromatic carbocycles. The van der Waals surface area contributed by atoms with Gasteiger partial charge in [0.25, 0.3) is 11.8 Å². The van der Waals surface area contributed by atoms with Crippen LogP contribution in [-0.4, -0.2) is 93.8 Å². The van der Waals surface area contributed by atoms with Crippen molar-refractivity contribution in [1.29, 1.82) is 0 Å². The lowest BCUT2D eigenvalue weighted by Crippen LogP contribution is -2.71. The number of carbonyl (C=O) groups is 4. The third-order valence-corrected chi connectivity index (χ3v) is 11.9. The molecule has 0 radical (unpaired) electrons. The zero-order valence-corrected chi connectivity index (χ0v) is 27.4. The zero-order chi connectivity index (χ0) is 33.4. The summed E-state index contributed by atoms with van der Waals surface area (Å²) in [5.41, 5.74) is 6.12. The van der Waals surface area contributed by atoms with E-state index in [1.807, 2.05) is 0 Å². The maximum Gasteiger partial charge on any atom is 0.356 e. The van der Waals surface area contributed by atoms with E-state index in [1.165, 1.54) is 30.0 Å². The molecule has 2 aliphatic heterocycles. The molecule has 2 amide bonds. The Hall–Kier alpha value is -4.33. The van der Waals surface area contributed by atoms with Crippen LogP contribution in [0.2, 0.25) is 0 Å². The first-order valence-corrected chi connectivity index (χ1v) is 17.8. The first-order chi connectivity index (χ1) is 22.5. The Labute approximate surface area is 282 Å². The number of thiazole rings is 2. The Morgan fingerprint density at radius 1 is 1.13 bits per heavy atom. The van der Waals surface area contributed by atoms with Crippen molar-refractivity contribution in [2.24, 2.45) is 5.16 Å². The Balaban J connectivity index is 1.17. The Morgan fingerprint density at radius 2 is 1.89 bits per heavy atom. The summed E-state index contributed by atoms with van der Waals surface area (Å²) in [6.07, 6.45) is 3.48. The second-order valence-corrected chi connectivity index (χ2v) is 14.8. The Morgan fingerprint density at radius 3 is 2.55 bits per heavy atom. The van der Waals surface area contributed by atoms with Gasteiger partial charge in [-0.1, -0.05) is 16.9 Å². The van der Waals surface area contributed by atoms with Crippen molar-refractivity contribution in [3.05, 3.63) is 46.2 Å². The minimum absolute atomic E-state index is 0.0928. The van der Waals surface area contributed by atoms with Crippen molar-refractivity contribution in [3.63, 3.8) is 0 Å². The lowest BCUT2D eigenvalue weighted by molar-refractivity contribution is -0.150. The second-order valence-electron chi connectivity index (χ2n) is 10.6. The second kappa shape index (κ2) is 13.4. The number of aromatic nitrogens is 2. The van der Waals surface area contributed by atoms with Crippen LogP contribution in [0.5, 0.6) is 11.5 Å². The molecule has 1 saturated carbocycles. The molecule has 47 heavy (non-hydrogen) atoms. The number of anilines is 1. The van der Waals surface area contributed by atoms with E-state index in [-0.39, 0.29) is 56.2 Å². The van der Waals surface area contributed by atoms with E-state index < -0.39 is 40.9 Å². The number of fused-ring (bicyclic) bond motifs is 1. The maximum atomic E-state index is 13.4. The van der Waals surface area contributed by atoms with Gasteiger partial charge in [-0.3, -0.25) is 14.5 Å². The van der Waals surface area contributed by atoms with Gasteiger partial charge in [0.15, 0.2) is 32.4 Å².